The molecular formula is C14H22N2O3. The van der Waals surface area contributed by atoms with Crippen molar-refractivity contribution < 1.29 is 14.3 Å². The summed E-state index contributed by atoms with van der Waals surface area (Å²) in [5, 5.41) is 3.18. The molecule has 0 radical (unpaired) electrons. The predicted molar refractivity (Wildman–Crippen MR) is 68.7 cm³/mol. The zero-order chi connectivity index (χ0) is 12.8. The van der Waals surface area contributed by atoms with Gasteiger partial charge in [-0.15, -0.1) is 0 Å². The molecule has 4 rings (SSSR count). The molecule has 5 heteroatoms. The second kappa shape index (κ2) is 4.63. The van der Waals surface area contributed by atoms with Crippen molar-refractivity contribution in [3.8, 4) is 0 Å². The molecule has 5 atom stereocenters. The highest BCUT2D eigenvalue weighted by Gasteiger charge is 2.55. The summed E-state index contributed by atoms with van der Waals surface area (Å²) in [7, 11) is 0. The molecule has 3 saturated heterocycles. The van der Waals surface area contributed by atoms with E-state index in [9.17, 15) is 4.79 Å². The summed E-state index contributed by atoms with van der Waals surface area (Å²) in [6, 6.07) is 0.524. The largest absolute Gasteiger partial charge is 0.381 e. The van der Waals surface area contributed by atoms with Crippen LogP contribution >= 0.6 is 0 Å². The van der Waals surface area contributed by atoms with E-state index in [2.05, 4.69) is 5.32 Å². The van der Waals surface area contributed by atoms with Crippen LogP contribution in [0.3, 0.4) is 0 Å². The lowest BCUT2D eigenvalue weighted by atomic mass is 9.91. The third kappa shape index (κ3) is 2.13. The molecule has 4 aliphatic rings. The topological polar surface area (TPSA) is 50.8 Å². The van der Waals surface area contributed by atoms with Crippen LogP contribution in [0.2, 0.25) is 0 Å². The first-order valence-electron chi connectivity index (χ1n) is 7.54. The van der Waals surface area contributed by atoms with E-state index >= 15 is 0 Å². The quantitative estimate of drug-likeness (QED) is 0.800. The Labute approximate surface area is 113 Å². The highest BCUT2D eigenvalue weighted by Crippen LogP contribution is 2.44. The molecule has 1 aliphatic carbocycles. The number of carbonyl (C=O) groups excluding carboxylic acids is 1. The highest BCUT2D eigenvalue weighted by atomic mass is 16.5. The van der Waals surface area contributed by atoms with Gasteiger partial charge in [0.05, 0.1) is 13.2 Å². The van der Waals surface area contributed by atoms with Gasteiger partial charge in [-0.1, -0.05) is 0 Å². The Morgan fingerprint density at radius 1 is 1.05 bits per heavy atom. The molecule has 2 amide bonds. The Morgan fingerprint density at radius 2 is 1.89 bits per heavy atom. The van der Waals surface area contributed by atoms with Gasteiger partial charge in [-0.25, -0.2) is 4.79 Å². The van der Waals surface area contributed by atoms with Crippen molar-refractivity contribution in [2.24, 2.45) is 23.7 Å². The van der Waals surface area contributed by atoms with E-state index in [1.165, 1.54) is 6.42 Å². The van der Waals surface area contributed by atoms with E-state index in [4.69, 9.17) is 9.47 Å². The van der Waals surface area contributed by atoms with Crippen LogP contribution in [0.4, 0.5) is 4.79 Å². The van der Waals surface area contributed by atoms with Gasteiger partial charge < -0.3 is 19.7 Å². The third-order valence-corrected chi connectivity index (χ3v) is 5.39. The molecule has 1 N–H and O–H groups in total. The number of hydrogen-bond donors (Lipinski definition) is 1. The number of rotatable bonds is 2. The molecular weight excluding hydrogens is 244 g/mol. The van der Waals surface area contributed by atoms with E-state index in [1.54, 1.807) is 0 Å². The fourth-order valence-electron chi connectivity index (χ4n) is 3.97. The van der Waals surface area contributed by atoms with Crippen LogP contribution in [0.1, 0.15) is 12.8 Å². The molecule has 4 fully saturated rings. The third-order valence-electron chi connectivity index (χ3n) is 5.39. The summed E-state index contributed by atoms with van der Waals surface area (Å²) >= 11 is 0. The van der Waals surface area contributed by atoms with E-state index in [0.29, 0.717) is 29.7 Å². The van der Waals surface area contributed by atoms with Gasteiger partial charge in [0.2, 0.25) is 0 Å². The van der Waals surface area contributed by atoms with Gasteiger partial charge in [0.25, 0.3) is 0 Å². The summed E-state index contributed by atoms with van der Waals surface area (Å²) in [5.41, 5.74) is 0. The van der Waals surface area contributed by atoms with Crippen molar-refractivity contribution in [3.63, 3.8) is 0 Å². The minimum absolute atomic E-state index is 0.140. The molecule has 19 heavy (non-hydrogen) atoms. The second-order valence-corrected chi connectivity index (χ2v) is 6.46. The number of amides is 2. The van der Waals surface area contributed by atoms with Crippen LogP contribution in [0, 0.1) is 23.7 Å². The maximum Gasteiger partial charge on any atom is 0.317 e. The SMILES string of the molecule is O=C(NC1[C@H]2COC[C@@H]12)N1CCC(C2CCOC2)C1. The molecule has 5 nitrogen and oxygen atoms in total. The number of nitrogens with one attached hydrogen (secondary N) is 1. The lowest BCUT2D eigenvalue weighted by Crippen LogP contribution is -2.41. The van der Waals surface area contributed by atoms with Crippen molar-refractivity contribution in [3.05, 3.63) is 0 Å². The van der Waals surface area contributed by atoms with Crippen LogP contribution in [-0.2, 0) is 9.47 Å². The lowest BCUT2D eigenvalue weighted by molar-refractivity contribution is 0.152. The predicted octanol–water partition coefficient (Wildman–Crippen LogP) is 0.699. The van der Waals surface area contributed by atoms with Crippen molar-refractivity contribution >= 4 is 6.03 Å². The Balaban J connectivity index is 1.27. The first-order valence-corrected chi connectivity index (χ1v) is 7.54. The Hall–Kier alpha value is -0.810. The van der Waals surface area contributed by atoms with E-state index in [0.717, 1.165) is 45.9 Å². The van der Waals surface area contributed by atoms with Crippen LogP contribution < -0.4 is 5.32 Å². The number of ether oxygens (including phenoxy) is 2. The van der Waals surface area contributed by atoms with Gasteiger partial charge in [-0.3, -0.25) is 0 Å². The molecule has 1 saturated carbocycles. The summed E-state index contributed by atoms with van der Waals surface area (Å²) in [6.07, 6.45) is 2.31. The number of hydrogen-bond acceptors (Lipinski definition) is 3. The standard InChI is InChI=1S/C14H22N2O3/c17-14(15-13-11-7-19-8-12(11)13)16-3-1-9(5-16)10-2-4-18-6-10/h9-13H,1-8H2,(H,15,17)/t9?,10?,11-,12+,13?. The summed E-state index contributed by atoms with van der Waals surface area (Å²) in [4.78, 5) is 14.2. The fourth-order valence-corrected chi connectivity index (χ4v) is 3.97. The average molecular weight is 266 g/mol. The summed E-state index contributed by atoms with van der Waals surface area (Å²) < 4.78 is 10.8. The molecule has 3 heterocycles. The fraction of sp³-hybridized carbons (Fsp3) is 0.929. The van der Waals surface area contributed by atoms with E-state index in [-0.39, 0.29) is 6.03 Å². The summed E-state index contributed by atoms with van der Waals surface area (Å²) in [6.45, 7) is 5.28. The van der Waals surface area contributed by atoms with Gasteiger partial charge in [-0.2, -0.15) is 0 Å². The molecule has 3 aliphatic heterocycles. The van der Waals surface area contributed by atoms with Crippen LogP contribution in [0.15, 0.2) is 0 Å². The average Bonchev–Trinajstić information content (AvgIpc) is 3.03. The number of urea groups is 1. The number of likely N-dealkylation sites (tertiary alicyclic amines) is 1. The van der Waals surface area contributed by atoms with Gasteiger partial charge in [0, 0.05) is 44.2 Å². The van der Waals surface area contributed by atoms with Gasteiger partial charge in [-0.05, 0) is 24.7 Å². The Morgan fingerprint density at radius 3 is 2.63 bits per heavy atom. The second-order valence-electron chi connectivity index (χ2n) is 6.46. The highest BCUT2D eigenvalue weighted by molar-refractivity contribution is 5.75. The number of fused-ring (bicyclic) bond motifs is 1. The van der Waals surface area contributed by atoms with Crippen LogP contribution in [0.5, 0.6) is 0 Å². The minimum atomic E-state index is 0.140. The Kier molecular flexibility index (Phi) is 2.92. The van der Waals surface area contributed by atoms with Crippen molar-refractivity contribution in [1.82, 2.24) is 10.2 Å². The molecule has 0 aromatic carbocycles. The molecule has 0 aromatic rings. The molecule has 0 bridgehead atoms. The Bertz CT molecular complexity index is 360. The lowest BCUT2D eigenvalue weighted by Gasteiger charge is -2.20. The van der Waals surface area contributed by atoms with E-state index in [1.807, 2.05) is 4.90 Å². The van der Waals surface area contributed by atoms with Gasteiger partial charge in [0.15, 0.2) is 0 Å². The first kappa shape index (κ1) is 12.0. The molecule has 106 valence electrons. The maximum absolute atomic E-state index is 12.2. The number of carbonyl (C=O) groups is 1. The maximum atomic E-state index is 12.2. The van der Waals surface area contributed by atoms with Crippen molar-refractivity contribution in [2.75, 3.05) is 39.5 Å². The summed E-state index contributed by atoms with van der Waals surface area (Å²) in [5.74, 6) is 2.50. The van der Waals surface area contributed by atoms with Crippen LogP contribution in [-0.4, -0.2) is 56.5 Å². The smallest absolute Gasteiger partial charge is 0.317 e. The van der Waals surface area contributed by atoms with Crippen molar-refractivity contribution in [2.45, 2.75) is 18.9 Å². The van der Waals surface area contributed by atoms with E-state index < -0.39 is 0 Å². The minimum Gasteiger partial charge on any atom is -0.381 e. The monoisotopic (exact) mass is 266 g/mol. The molecule has 3 unspecified atom stereocenters. The number of nitrogens with zero attached hydrogens (tertiary/aromatic N) is 1. The first-order chi connectivity index (χ1) is 9.33. The van der Waals surface area contributed by atoms with Gasteiger partial charge in [0.1, 0.15) is 0 Å². The molecule has 0 spiro atoms. The van der Waals surface area contributed by atoms with Gasteiger partial charge >= 0.3 is 6.03 Å². The zero-order valence-corrected chi connectivity index (χ0v) is 11.2. The molecule has 0 aromatic heterocycles. The normalized spacial score (nSPS) is 44.4. The van der Waals surface area contributed by atoms with Crippen molar-refractivity contribution in [1.29, 1.82) is 0 Å². The zero-order valence-electron chi connectivity index (χ0n) is 11.2. The van der Waals surface area contributed by atoms with Crippen LogP contribution in [0.25, 0.3) is 0 Å².